The molecular weight excluding hydrogens is 1820 g/mol. The lowest BCUT2D eigenvalue weighted by Crippen LogP contribution is -2.55. The average Bonchev–Trinajstić information content (AvgIpc) is 1.49. The Balaban J connectivity index is 0.772. The summed E-state index contributed by atoms with van der Waals surface area (Å²) < 4.78 is 103. The molecule has 5 saturated heterocycles. The Morgan fingerprint density at radius 2 is 0.609 bits per heavy atom. The molecule has 13 amide bonds. The van der Waals surface area contributed by atoms with Gasteiger partial charge in [-0.3, -0.25) is 82.5 Å². The van der Waals surface area contributed by atoms with Gasteiger partial charge in [0.1, 0.15) is 35.4 Å². The number of pyridine rings is 3. The smallest absolute Gasteiger partial charge is 0.317 e. The number of hydrogen-bond acceptors (Lipinski definition) is 26. The first-order valence-corrected chi connectivity index (χ1v) is 45.1. The maximum atomic E-state index is 15.3. The summed E-state index contributed by atoms with van der Waals surface area (Å²) in [5, 5.41) is 75.2. The number of aromatic nitrogens is 3. The van der Waals surface area contributed by atoms with Gasteiger partial charge in [-0.25, -0.2) is 40.7 Å². The second kappa shape index (κ2) is 49.4. The monoisotopic (exact) mass is 1930 g/mol. The van der Waals surface area contributed by atoms with Gasteiger partial charge in [-0.2, -0.15) is 15.8 Å². The lowest BCUT2D eigenvalue weighted by atomic mass is 10.1. The van der Waals surface area contributed by atoms with Gasteiger partial charge in [0.15, 0.2) is 0 Å². The van der Waals surface area contributed by atoms with Crippen LogP contribution in [0.4, 0.5) is 40.7 Å². The summed E-state index contributed by atoms with van der Waals surface area (Å²) in [7, 11) is 0. The Labute approximate surface area is 788 Å². The molecule has 8 heterocycles. The number of nitriles is 3. The van der Waals surface area contributed by atoms with Crippen LogP contribution in [0, 0.1) is 34.0 Å². The van der Waals surface area contributed by atoms with Crippen LogP contribution in [0.5, 0.6) is 17.2 Å². The van der Waals surface area contributed by atoms with Gasteiger partial charge in [-0.05, 0) is 111 Å². The Bertz CT molecular complexity index is 5310. The molecular formula is C90H109F6N23O19. The van der Waals surface area contributed by atoms with Crippen molar-refractivity contribution < 1.29 is 118 Å². The number of aliphatic carboxylic acids is 3. The molecule has 5 aliphatic heterocycles. The Hall–Kier alpha value is -14.3. The minimum Gasteiger partial charge on any atom is -0.494 e. The number of carbonyl (C=O) groups is 13. The van der Waals surface area contributed by atoms with Crippen molar-refractivity contribution in [1.82, 2.24) is 101 Å². The van der Waals surface area contributed by atoms with E-state index in [2.05, 4.69) is 46.9 Å². The van der Waals surface area contributed by atoms with Crippen molar-refractivity contribution in [2.24, 2.45) is 0 Å². The van der Waals surface area contributed by atoms with Crippen LogP contribution < -0.4 is 46.1 Å². The Morgan fingerprint density at radius 3 is 0.870 bits per heavy atom. The summed E-state index contributed by atoms with van der Waals surface area (Å²) in [5.41, 5.74) is 1.41. The molecule has 3 atom stereocenters. The van der Waals surface area contributed by atoms with E-state index in [4.69, 9.17) is 14.2 Å². The van der Waals surface area contributed by atoms with E-state index in [1.165, 1.54) is 56.4 Å². The standard InChI is InChI=1S/C90H109F6N23O19/c91-88(92)44-60(47-97)117(57-88)75(120)50-106-82(130)66-13-19-100-72-10-7-63(41-69(66)72)136-38-4-1-16-103-85(133)114-32-30-113(78(123)53-109-22-24-110(54-79(124)125)26-28-112(56-81(128)129)29-27-111(25-23-109)55-80(126)127)31-33-115(86(134)104-17-2-5-39-137-64-8-11-73-70(42-64)67(14-20-101-73)83(131)107-51-76(121)118-58-89(93,94)45-61(118)48-98)35-37-116(36-34-114)87(135)105-18-3-6-40-138-65-9-12-74-71(43-65)68(15-21-102-74)84(132)108-52-77(122)119-59-90(95,96)46-62(119)49-99/h7-15,19-21,41-43,60-62H,1-6,16-18,22-40,44-46,50-59H2,(H,103,133)(H,104,134)(H,105,135)(H,106,130)(H,107,131)(H,108,132)(H,124,125)(H,126,127)(H,128,129)/t60-,61-,62-/m0/s1. The first kappa shape index (κ1) is 104. The van der Waals surface area contributed by atoms with Crippen LogP contribution in [0.3, 0.4) is 0 Å². The number of likely N-dealkylation sites (tertiary alicyclic amines) is 3. The summed E-state index contributed by atoms with van der Waals surface area (Å²) >= 11 is 0. The largest absolute Gasteiger partial charge is 0.494 e. The van der Waals surface area contributed by atoms with Gasteiger partial charge in [0, 0.05) is 178 Å². The summed E-state index contributed by atoms with van der Waals surface area (Å²) in [6.07, 6.45) is 3.72. The summed E-state index contributed by atoms with van der Waals surface area (Å²) in [5.74, 6) is -17.6. The van der Waals surface area contributed by atoms with E-state index < -0.39 is 191 Å². The minimum atomic E-state index is -3.27. The quantitative estimate of drug-likeness (QED) is 0.0204. The number of carbonyl (C=O) groups excluding carboxylic acids is 10. The van der Waals surface area contributed by atoms with Gasteiger partial charge in [-0.15, -0.1) is 0 Å². The van der Waals surface area contributed by atoms with E-state index >= 15 is 4.79 Å². The molecule has 0 spiro atoms. The molecule has 3 aromatic carbocycles. The van der Waals surface area contributed by atoms with E-state index in [9.17, 15) is 115 Å². The van der Waals surface area contributed by atoms with Crippen molar-refractivity contribution in [3.8, 4) is 35.5 Å². The highest BCUT2D eigenvalue weighted by Gasteiger charge is 2.50. The van der Waals surface area contributed by atoms with Crippen LogP contribution in [-0.2, 0) is 33.6 Å². The topological polar surface area (TPSA) is 528 Å². The fourth-order valence-electron chi connectivity index (χ4n) is 16.4. The third kappa shape index (κ3) is 30.6. The lowest BCUT2D eigenvalue weighted by molar-refractivity contribution is -0.140. The summed E-state index contributed by atoms with van der Waals surface area (Å²) in [6.45, 7) is -6.52. The number of rotatable bonds is 35. The molecule has 0 aliphatic carbocycles. The Kier molecular flexibility index (Phi) is 37.3. The maximum absolute atomic E-state index is 15.3. The molecule has 0 unspecified atom stereocenters. The number of urea groups is 3. The summed E-state index contributed by atoms with van der Waals surface area (Å²) in [4.78, 5) is 203. The highest BCUT2D eigenvalue weighted by Crippen LogP contribution is 2.35. The molecule has 6 aromatic rings. The predicted molar refractivity (Wildman–Crippen MR) is 479 cm³/mol. The van der Waals surface area contributed by atoms with Crippen molar-refractivity contribution in [2.75, 3.05) is 210 Å². The van der Waals surface area contributed by atoms with E-state index in [0.29, 0.717) is 88.5 Å². The van der Waals surface area contributed by atoms with E-state index in [-0.39, 0.29) is 167 Å². The predicted octanol–water partition coefficient (Wildman–Crippen LogP) is 3.03. The summed E-state index contributed by atoms with van der Waals surface area (Å²) in [6, 6.07) is 17.8. The normalized spacial score (nSPS) is 18.6. The number of nitrogens with zero attached hydrogens (tertiary/aromatic N) is 17. The zero-order chi connectivity index (χ0) is 99.2. The second-order valence-electron chi connectivity index (χ2n) is 33.8. The molecule has 0 bridgehead atoms. The van der Waals surface area contributed by atoms with Crippen LogP contribution in [-0.4, -0.2) is 407 Å². The zero-order valence-corrected chi connectivity index (χ0v) is 75.6. The average molecular weight is 1930 g/mol. The molecule has 0 saturated carbocycles. The van der Waals surface area contributed by atoms with Gasteiger partial charge < -0.3 is 95.7 Å². The maximum Gasteiger partial charge on any atom is 0.317 e. The molecule has 138 heavy (non-hydrogen) atoms. The van der Waals surface area contributed by atoms with Crippen molar-refractivity contribution >= 4 is 110 Å². The minimum absolute atomic E-state index is 0.0696. The van der Waals surface area contributed by atoms with Crippen LogP contribution in [0.2, 0.25) is 0 Å². The van der Waals surface area contributed by atoms with Crippen molar-refractivity contribution in [2.45, 2.75) is 93.7 Å². The van der Waals surface area contributed by atoms with Crippen molar-refractivity contribution in [1.29, 1.82) is 15.8 Å². The van der Waals surface area contributed by atoms with Gasteiger partial charge in [0.25, 0.3) is 35.5 Å². The fraction of sp³-hybridized carbons (Fsp3) is 0.522. The molecule has 9 N–H and O–H groups in total. The molecule has 5 fully saturated rings. The number of fused-ring (bicyclic) bond motifs is 3. The molecule has 0 radical (unpaired) electrons. The number of nitrogens with one attached hydrogen (secondary N) is 6. The number of carboxylic acid groups (broad SMARTS) is 3. The number of hydrogen-bond donors (Lipinski definition) is 9. The first-order valence-electron chi connectivity index (χ1n) is 45.1. The highest BCUT2D eigenvalue weighted by molar-refractivity contribution is 6.09. The SMILES string of the molecule is N#C[C@@H]1CC(F)(F)CN1C(=O)CNC(=O)c1ccnc2ccc(OCCCCNC(=O)N3CCN(C(=O)CN4CCN(CC(=O)O)CCN(CC(=O)O)CCN(CC(=O)O)CC4)CCN(C(=O)NCCCCOc4ccc5nccc(C(=O)NCC(=O)N6CC(F)(F)C[C@H]6C#N)c5c4)CCN(C(=O)NCCCCOc4ccc5nccc(C(=O)NCC(=O)N6CC(F)(F)C[C@H]6C#N)c5c4)CC3)cc12. The van der Waals surface area contributed by atoms with Crippen molar-refractivity contribution in [3.05, 3.63) is 108 Å². The number of carboxylic acids is 3. The Morgan fingerprint density at radius 1 is 0.348 bits per heavy atom. The van der Waals surface area contributed by atoms with Gasteiger partial charge in [0.05, 0.1) is 137 Å². The number of alkyl halides is 6. The highest BCUT2D eigenvalue weighted by atomic mass is 19.3. The third-order valence-electron chi connectivity index (χ3n) is 23.8. The third-order valence-corrected chi connectivity index (χ3v) is 23.8. The van der Waals surface area contributed by atoms with E-state index in [0.717, 1.165) is 14.7 Å². The molecule has 740 valence electrons. The zero-order valence-electron chi connectivity index (χ0n) is 75.6. The number of halogens is 6. The van der Waals surface area contributed by atoms with Gasteiger partial charge in [-0.1, -0.05) is 0 Å². The van der Waals surface area contributed by atoms with Crippen LogP contribution in [0.25, 0.3) is 32.7 Å². The molecule has 48 heteroatoms. The molecule has 11 rings (SSSR count). The number of ether oxygens (including phenoxy) is 3. The van der Waals surface area contributed by atoms with Gasteiger partial charge >= 0.3 is 36.0 Å². The van der Waals surface area contributed by atoms with Gasteiger partial charge in [0.2, 0.25) is 23.6 Å². The number of benzene rings is 3. The molecule has 5 aliphatic rings. The van der Waals surface area contributed by atoms with Crippen LogP contribution in [0.15, 0.2) is 91.4 Å². The van der Waals surface area contributed by atoms with E-state index in [1.807, 2.05) is 0 Å². The molecule has 42 nitrogen and oxygen atoms in total. The number of unbranched alkanes of at least 4 members (excludes halogenated alkanes) is 3. The fourth-order valence-corrected chi connectivity index (χ4v) is 16.4. The molecule has 3 aromatic heterocycles. The second-order valence-corrected chi connectivity index (χ2v) is 33.8. The van der Waals surface area contributed by atoms with E-state index in [1.54, 1.807) is 92.4 Å². The van der Waals surface area contributed by atoms with Crippen LogP contribution in [0.1, 0.15) is 88.9 Å². The number of amides is 13. The van der Waals surface area contributed by atoms with Crippen LogP contribution >= 0.6 is 0 Å². The van der Waals surface area contributed by atoms with Crippen molar-refractivity contribution in [3.63, 3.8) is 0 Å². The first-order chi connectivity index (χ1) is 66.0. The lowest BCUT2D eigenvalue weighted by Gasteiger charge is -2.36.